The van der Waals surface area contributed by atoms with Gasteiger partial charge in [-0.15, -0.1) is 0 Å². The topological polar surface area (TPSA) is 87.2 Å². The molecule has 128 valence electrons. The summed E-state index contributed by atoms with van der Waals surface area (Å²) in [6.07, 6.45) is 2.84. The van der Waals surface area contributed by atoms with Crippen molar-refractivity contribution < 1.29 is 12.8 Å². The van der Waals surface area contributed by atoms with Gasteiger partial charge >= 0.3 is 0 Å². The Morgan fingerprint density at radius 1 is 1.12 bits per heavy atom. The van der Waals surface area contributed by atoms with Crippen molar-refractivity contribution in [1.82, 2.24) is 15.0 Å². The van der Waals surface area contributed by atoms with E-state index in [9.17, 15) is 12.8 Å². The second-order valence-electron chi connectivity index (χ2n) is 5.01. The van der Waals surface area contributed by atoms with Crippen LogP contribution in [-0.4, -0.2) is 24.8 Å². The summed E-state index contributed by atoms with van der Waals surface area (Å²) in [5.41, 5.74) is 2.08. The first-order valence-corrected chi connectivity index (χ1v) is 8.91. The standard InChI is InChI=1S/C16H12ClFN4O2S/c17-13-3-1-11(2-4-13)16-12(9-19-21-16)10-20-22-25(23,24)15-7-5-14(18)6-8-15/h1-10,22H,(H,19,21). The molecule has 0 saturated carbocycles. The number of aromatic nitrogens is 2. The number of benzene rings is 2. The maximum Gasteiger partial charge on any atom is 0.276 e. The lowest BCUT2D eigenvalue weighted by Crippen LogP contribution is -2.18. The van der Waals surface area contributed by atoms with Crippen LogP contribution in [0.1, 0.15) is 5.56 Å². The average Bonchev–Trinajstić information content (AvgIpc) is 3.04. The van der Waals surface area contributed by atoms with Crippen LogP contribution in [0, 0.1) is 5.82 Å². The molecule has 6 nitrogen and oxygen atoms in total. The molecule has 2 N–H and O–H groups in total. The van der Waals surface area contributed by atoms with E-state index in [2.05, 4.69) is 20.1 Å². The minimum absolute atomic E-state index is 0.0869. The number of nitrogens with one attached hydrogen (secondary N) is 2. The molecular weight excluding hydrogens is 367 g/mol. The summed E-state index contributed by atoms with van der Waals surface area (Å²) in [4.78, 5) is 1.99. The van der Waals surface area contributed by atoms with Crippen LogP contribution in [0.25, 0.3) is 11.3 Å². The first kappa shape index (κ1) is 17.1. The van der Waals surface area contributed by atoms with Crippen LogP contribution in [0.15, 0.2) is 64.7 Å². The Hall–Kier alpha value is -2.71. The van der Waals surface area contributed by atoms with Crippen molar-refractivity contribution in [2.75, 3.05) is 0 Å². The Bertz CT molecular complexity index is 999. The van der Waals surface area contributed by atoms with Crippen molar-refractivity contribution in [2.24, 2.45) is 5.10 Å². The van der Waals surface area contributed by atoms with Crippen LogP contribution in [0.3, 0.4) is 0 Å². The van der Waals surface area contributed by atoms with Gasteiger partial charge in [-0.2, -0.15) is 18.6 Å². The Morgan fingerprint density at radius 3 is 2.48 bits per heavy atom. The zero-order valence-electron chi connectivity index (χ0n) is 12.6. The number of halogens is 2. The maximum absolute atomic E-state index is 12.9. The number of H-pyrrole nitrogens is 1. The van der Waals surface area contributed by atoms with E-state index in [1.807, 2.05) is 0 Å². The Labute approximate surface area is 148 Å². The summed E-state index contributed by atoms with van der Waals surface area (Å²) in [7, 11) is -3.88. The van der Waals surface area contributed by atoms with Crippen molar-refractivity contribution in [2.45, 2.75) is 4.90 Å². The van der Waals surface area contributed by atoms with Gasteiger partial charge in [-0.05, 0) is 36.4 Å². The lowest BCUT2D eigenvalue weighted by Gasteiger charge is -2.03. The molecule has 0 radical (unpaired) electrons. The lowest BCUT2D eigenvalue weighted by molar-refractivity contribution is 0.583. The fourth-order valence-electron chi connectivity index (χ4n) is 2.07. The van der Waals surface area contributed by atoms with E-state index in [0.29, 0.717) is 16.3 Å². The average molecular weight is 379 g/mol. The number of sulfonamides is 1. The van der Waals surface area contributed by atoms with Crippen molar-refractivity contribution >= 4 is 27.8 Å². The Balaban J connectivity index is 1.78. The van der Waals surface area contributed by atoms with Gasteiger partial charge < -0.3 is 0 Å². The quantitative estimate of drug-likeness (QED) is 0.528. The van der Waals surface area contributed by atoms with Gasteiger partial charge in [-0.25, -0.2) is 9.22 Å². The second kappa shape index (κ2) is 7.04. The van der Waals surface area contributed by atoms with Gasteiger partial charge in [0.15, 0.2) is 0 Å². The third kappa shape index (κ3) is 4.04. The molecule has 0 aliphatic rings. The summed E-state index contributed by atoms with van der Waals surface area (Å²) in [5, 5.41) is 11.1. The smallest absolute Gasteiger partial charge is 0.276 e. The van der Waals surface area contributed by atoms with Crippen LogP contribution in [0.2, 0.25) is 5.02 Å². The van der Waals surface area contributed by atoms with Crippen molar-refractivity contribution in [3.8, 4) is 11.3 Å². The summed E-state index contributed by atoms with van der Waals surface area (Å²) >= 11 is 5.86. The van der Waals surface area contributed by atoms with Crippen LogP contribution >= 0.6 is 11.6 Å². The minimum Gasteiger partial charge on any atom is -0.277 e. The van der Waals surface area contributed by atoms with Crippen molar-refractivity contribution in [1.29, 1.82) is 0 Å². The van der Waals surface area contributed by atoms with Gasteiger partial charge in [-0.3, -0.25) is 5.10 Å². The molecule has 1 heterocycles. The van der Waals surface area contributed by atoms with E-state index >= 15 is 0 Å². The number of aromatic amines is 1. The van der Waals surface area contributed by atoms with Crippen molar-refractivity contribution in [3.05, 3.63) is 71.1 Å². The number of nitrogens with zero attached hydrogens (tertiary/aromatic N) is 2. The predicted octanol–water partition coefficient (Wildman–Crippen LogP) is 3.18. The predicted molar refractivity (Wildman–Crippen MR) is 93.3 cm³/mol. The van der Waals surface area contributed by atoms with Gasteiger partial charge in [0.1, 0.15) is 5.82 Å². The molecule has 0 bridgehead atoms. The second-order valence-corrected chi connectivity index (χ2v) is 7.11. The molecule has 3 aromatic rings. The molecule has 0 saturated heterocycles. The van der Waals surface area contributed by atoms with Gasteiger partial charge in [0.25, 0.3) is 10.0 Å². The van der Waals surface area contributed by atoms with Crippen LogP contribution < -0.4 is 4.83 Å². The molecular formula is C16H12ClFN4O2S. The van der Waals surface area contributed by atoms with E-state index in [-0.39, 0.29) is 4.90 Å². The van der Waals surface area contributed by atoms with Crippen molar-refractivity contribution in [3.63, 3.8) is 0 Å². The van der Waals surface area contributed by atoms with E-state index < -0.39 is 15.8 Å². The molecule has 2 aromatic carbocycles. The SMILES string of the molecule is O=S(=O)(NN=Cc1cn[nH]c1-c1ccc(Cl)cc1)c1ccc(F)cc1. The Morgan fingerprint density at radius 2 is 1.80 bits per heavy atom. The fraction of sp³-hybridized carbons (Fsp3) is 0. The normalized spacial score (nSPS) is 11.8. The minimum atomic E-state index is -3.88. The van der Waals surface area contributed by atoms with Gasteiger partial charge in [-0.1, -0.05) is 23.7 Å². The summed E-state index contributed by atoms with van der Waals surface area (Å²) in [6, 6.07) is 11.5. The zero-order chi connectivity index (χ0) is 17.9. The molecule has 0 aliphatic carbocycles. The number of rotatable bonds is 5. The molecule has 25 heavy (non-hydrogen) atoms. The largest absolute Gasteiger partial charge is 0.277 e. The van der Waals surface area contributed by atoms with E-state index in [0.717, 1.165) is 29.8 Å². The highest BCUT2D eigenvalue weighted by atomic mass is 35.5. The van der Waals surface area contributed by atoms with Gasteiger partial charge in [0.05, 0.1) is 23.0 Å². The molecule has 0 spiro atoms. The van der Waals surface area contributed by atoms with E-state index in [4.69, 9.17) is 11.6 Å². The van der Waals surface area contributed by atoms with E-state index in [1.54, 1.807) is 24.3 Å². The first-order valence-electron chi connectivity index (χ1n) is 7.05. The molecule has 0 unspecified atom stereocenters. The maximum atomic E-state index is 12.9. The van der Waals surface area contributed by atoms with E-state index in [1.165, 1.54) is 12.4 Å². The third-order valence-corrected chi connectivity index (χ3v) is 4.79. The fourth-order valence-corrected chi connectivity index (χ4v) is 2.99. The van der Waals surface area contributed by atoms with Crippen LogP contribution in [0.4, 0.5) is 4.39 Å². The highest BCUT2D eigenvalue weighted by Gasteiger charge is 2.12. The molecule has 0 atom stereocenters. The molecule has 0 amide bonds. The zero-order valence-corrected chi connectivity index (χ0v) is 14.2. The molecule has 0 aliphatic heterocycles. The monoisotopic (exact) mass is 378 g/mol. The summed E-state index contributed by atoms with van der Waals surface area (Å²) < 4.78 is 37.0. The molecule has 9 heteroatoms. The molecule has 1 aromatic heterocycles. The molecule has 3 rings (SSSR count). The highest BCUT2D eigenvalue weighted by molar-refractivity contribution is 7.89. The lowest BCUT2D eigenvalue weighted by atomic mass is 10.1. The number of hydrogen-bond acceptors (Lipinski definition) is 4. The summed E-state index contributed by atoms with van der Waals surface area (Å²) in [6.45, 7) is 0. The van der Waals surface area contributed by atoms with Gasteiger partial charge in [0.2, 0.25) is 0 Å². The molecule has 0 fully saturated rings. The van der Waals surface area contributed by atoms with Crippen LogP contribution in [-0.2, 0) is 10.0 Å². The third-order valence-electron chi connectivity index (χ3n) is 3.30. The number of hydrogen-bond donors (Lipinski definition) is 2. The first-order chi connectivity index (χ1) is 12.0. The number of hydrazone groups is 1. The Kier molecular flexibility index (Phi) is 4.82. The highest BCUT2D eigenvalue weighted by Crippen LogP contribution is 2.21. The summed E-state index contributed by atoms with van der Waals surface area (Å²) in [5.74, 6) is -0.520. The van der Waals surface area contributed by atoms with Gasteiger partial charge in [0, 0.05) is 16.1 Å². The van der Waals surface area contributed by atoms with Crippen LogP contribution in [0.5, 0.6) is 0 Å².